The van der Waals surface area contributed by atoms with Crippen molar-refractivity contribution in [2.45, 2.75) is 45.3 Å². The summed E-state index contributed by atoms with van der Waals surface area (Å²) in [5.41, 5.74) is 0. The molecule has 1 saturated carbocycles. The number of carbonyl (C=O) groups excluding carboxylic acids is 1. The van der Waals surface area contributed by atoms with Crippen LogP contribution in [0.25, 0.3) is 0 Å². The van der Waals surface area contributed by atoms with Gasteiger partial charge in [-0.3, -0.25) is 10.1 Å². The fraction of sp³-hybridized carbons (Fsp3) is 0.667. The Balaban J connectivity index is 1.78. The molecule has 0 radical (unpaired) electrons. The van der Waals surface area contributed by atoms with E-state index < -0.39 is 0 Å². The number of nitrogens with zero attached hydrogens (tertiary/aromatic N) is 1. The highest BCUT2D eigenvalue weighted by molar-refractivity contribution is 7.10. The summed E-state index contributed by atoms with van der Waals surface area (Å²) >= 11 is 1.73. The van der Waals surface area contributed by atoms with Gasteiger partial charge in [0.05, 0.1) is 6.04 Å². The average Bonchev–Trinajstić information content (AvgIpc) is 3.08. The van der Waals surface area contributed by atoms with E-state index in [1.165, 1.54) is 24.1 Å². The van der Waals surface area contributed by atoms with Crippen molar-refractivity contribution in [2.75, 3.05) is 6.54 Å². The lowest BCUT2D eigenvalue weighted by molar-refractivity contribution is -0.130. The summed E-state index contributed by atoms with van der Waals surface area (Å²) in [7, 11) is 0. The van der Waals surface area contributed by atoms with Crippen LogP contribution in [0.3, 0.4) is 0 Å². The van der Waals surface area contributed by atoms with Gasteiger partial charge in [-0.05, 0) is 36.6 Å². The van der Waals surface area contributed by atoms with E-state index >= 15 is 0 Å². The molecule has 0 bridgehead atoms. The number of nitrogens with one attached hydrogen (secondary N) is 1. The van der Waals surface area contributed by atoms with Gasteiger partial charge in [0, 0.05) is 11.4 Å². The number of thiophene rings is 1. The Hall–Kier alpha value is -0.870. The molecular formula is C15H22N2OS. The minimum atomic E-state index is -0.0520. The van der Waals surface area contributed by atoms with Gasteiger partial charge in [0.25, 0.3) is 0 Å². The molecule has 19 heavy (non-hydrogen) atoms. The first-order valence-corrected chi connectivity index (χ1v) is 8.14. The quantitative estimate of drug-likeness (QED) is 0.922. The molecule has 2 fully saturated rings. The predicted molar refractivity (Wildman–Crippen MR) is 77.9 cm³/mol. The van der Waals surface area contributed by atoms with Gasteiger partial charge in [-0.15, -0.1) is 11.3 Å². The van der Waals surface area contributed by atoms with Crippen LogP contribution in [0.15, 0.2) is 17.5 Å². The Morgan fingerprint density at radius 1 is 1.42 bits per heavy atom. The summed E-state index contributed by atoms with van der Waals surface area (Å²) in [5, 5.41) is 5.52. The molecule has 0 spiro atoms. The van der Waals surface area contributed by atoms with Crippen molar-refractivity contribution < 1.29 is 4.79 Å². The lowest BCUT2D eigenvalue weighted by Gasteiger charge is -2.28. The lowest BCUT2D eigenvalue weighted by atomic mass is 9.97. The van der Waals surface area contributed by atoms with Crippen LogP contribution in [0.1, 0.15) is 44.2 Å². The highest BCUT2D eigenvalue weighted by Gasteiger charge is 2.39. The highest BCUT2D eigenvalue weighted by Crippen LogP contribution is 2.35. The number of amides is 1. The summed E-state index contributed by atoms with van der Waals surface area (Å²) in [6.07, 6.45) is 4.01. The largest absolute Gasteiger partial charge is 0.320 e. The second-order valence-corrected chi connectivity index (χ2v) is 6.94. The monoisotopic (exact) mass is 278 g/mol. The molecule has 4 atom stereocenters. The molecule has 1 aliphatic carbocycles. The third kappa shape index (κ3) is 2.43. The summed E-state index contributed by atoms with van der Waals surface area (Å²) in [6.45, 7) is 5.22. The molecule has 1 saturated heterocycles. The van der Waals surface area contributed by atoms with Crippen molar-refractivity contribution in [1.82, 2.24) is 10.2 Å². The van der Waals surface area contributed by atoms with E-state index in [1.54, 1.807) is 11.3 Å². The van der Waals surface area contributed by atoms with Crippen LogP contribution < -0.4 is 5.32 Å². The molecule has 1 N–H and O–H groups in total. The van der Waals surface area contributed by atoms with E-state index in [0.29, 0.717) is 5.92 Å². The summed E-state index contributed by atoms with van der Waals surface area (Å²) in [4.78, 5) is 15.7. The van der Waals surface area contributed by atoms with Gasteiger partial charge in [-0.1, -0.05) is 25.8 Å². The van der Waals surface area contributed by atoms with Crippen LogP contribution in [0.2, 0.25) is 0 Å². The van der Waals surface area contributed by atoms with E-state index in [1.807, 2.05) is 6.92 Å². The zero-order valence-electron chi connectivity index (χ0n) is 11.6. The molecule has 104 valence electrons. The molecule has 4 heteroatoms. The van der Waals surface area contributed by atoms with Crippen molar-refractivity contribution in [3.63, 3.8) is 0 Å². The normalized spacial score (nSPS) is 35.3. The molecule has 1 amide bonds. The lowest BCUT2D eigenvalue weighted by Crippen LogP contribution is -2.35. The van der Waals surface area contributed by atoms with Crippen LogP contribution in [-0.2, 0) is 4.79 Å². The van der Waals surface area contributed by atoms with Crippen molar-refractivity contribution >= 4 is 17.2 Å². The van der Waals surface area contributed by atoms with E-state index in [0.717, 1.165) is 12.5 Å². The first-order chi connectivity index (χ1) is 9.16. The molecule has 2 heterocycles. The van der Waals surface area contributed by atoms with Crippen LogP contribution >= 0.6 is 11.3 Å². The summed E-state index contributed by atoms with van der Waals surface area (Å²) in [6, 6.07) is 4.13. The van der Waals surface area contributed by atoms with Crippen molar-refractivity contribution in [1.29, 1.82) is 0 Å². The molecule has 0 aromatic carbocycles. The maximum atomic E-state index is 12.4. The van der Waals surface area contributed by atoms with E-state index in [4.69, 9.17) is 0 Å². The molecule has 2 aliphatic rings. The maximum Gasteiger partial charge on any atom is 0.241 e. The molecule has 1 aliphatic heterocycles. The van der Waals surface area contributed by atoms with Crippen LogP contribution in [-0.4, -0.2) is 23.4 Å². The topological polar surface area (TPSA) is 32.3 Å². The summed E-state index contributed by atoms with van der Waals surface area (Å²) in [5.74, 6) is 1.70. The van der Waals surface area contributed by atoms with Gasteiger partial charge in [-0.25, -0.2) is 0 Å². The predicted octanol–water partition coefficient (Wildman–Crippen LogP) is 3.00. The van der Waals surface area contributed by atoms with Crippen molar-refractivity contribution in [3.05, 3.63) is 22.4 Å². The number of carbonyl (C=O) groups is 1. The SMILES string of the molecule is CC1NC(c2cccs2)N(CC2CCCC2C)C1=O. The average molecular weight is 278 g/mol. The smallest absolute Gasteiger partial charge is 0.241 e. The van der Waals surface area contributed by atoms with Gasteiger partial charge in [-0.2, -0.15) is 0 Å². The standard InChI is InChI=1S/C15H22N2OS/c1-10-5-3-6-12(10)9-17-14(13-7-4-8-19-13)16-11(2)15(17)18/h4,7-8,10-12,14,16H,3,5-6,9H2,1-2H3. The van der Waals surface area contributed by atoms with Gasteiger partial charge in [0.15, 0.2) is 0 Å². The Kier molecular flexibility index (Phi) is 3.63. The van der Waals surface area contributed by atoms with Gasteiger partial charge in [0.1, 0.15) is 6.17 Å². The van der Waals surface area contributed by atoms with Gasteiger partial charge < -0.3 is 4.90 Å². The van der Waals surface area contributed by atoms with Crippen molar-refractivity contribution in [3.8, 4) is 0 Å². The van der Waals surface area contributed by atoms with E-state index in [9.17, 15) is 4.79 Å². The fourth-order valence-electron chi connectivity index (χ4n) is 3.40. The first-order valence-electron chi connectivity index (χ1n) is 7.26. The van der Waals surface area contributed by atoms with E-state index in [2.05, 4.69) is 34.7 Å². The minimum Gasteiger partial charge on any atom is -0.320 e. The highest BCUT2D eigenvalue weighted by atomic mass is 32.1. The van der Waals surface area contributed by atoms with Gasteiger partial charge in [0.2, 0.25) is 5.91 Å². The zero-order valence-corrected chi connectivity index (χ0v) is 12.5. The maximum absolute atomic E-state index is 12.4. The Bertz CT molecular complexity index is 445. The molecule has 4 unspecified atom stereocenters. The second-order valence-electron chi connectivity index (χ2n) is 5.97. The Labute approximate surface area is 119 Å². The Morgan fingerprint density at radius 3 is 2.89 bits per heavy atom. The third-order valence-corrected chi connectivity index (χ3v) is 5.58. The second kappa shape index (κ2) is 5.25. The molecule has 3 nitrogen and oxygen atoms in total. The van der Waals surface area contributed by atoms with Gasteiger partial charge >= 0.3 is 0 Å². The number of hydrogen-bond donors (Lipinski definition) is 1. The zero-order chi connectivity index (χ0) is 13.4. The summed E-state index contributed by atoms with van der Waals surface area (Å²) < 4.78 is 0. The van der Waals surface area contributed by atoms with Crippen LogP contribution in [0, 0.1) is 11.8 Å². The molecule has 1 aromatic heterocycles. The minimum absolute atomic E-state index is 0.0520. The number of hydrogen-bond acceptors (Lipinski definition) is 3. The fourth-order valence-corrected chi connectivity index (χ4v) is 4.19. The van der Waals surface area contributed by atoms with E-state index in [-0.39, 0.29) is 18.1 Å². The first kappa shape index (κ1) is 13.1. The molecular weight excluding hydrogens is 256 g/mol. The third-order valence-electron chi connectivity index (χ3n) is 4.66. The van der Waals surface area contributed by atoms with Crippen LogP contribution in [0.5, 0.6) is 0 Å². The number of rotatable bonds is 3. The molecule has 1 aromatic rings. The van der Waals surface area contributed by atoms with Crippen LogP contribution in [0.4, 0.5) is 0 Å². The molecule has 3 rings (SSSR count). The Morgan fingerprint density at radius 2 is 2.26 bits per heavy atom. The van der Waals surface area contributed by atoms with Crippen molar-refractivity contribution in [2.24, 2.45) is 11.8 Å².